The zero-order valence-electron chi connectivity index (χ0n) is 12.3. The maximum Gasteiger partial charge on any atom is 0.189 e. The van der Waals surface area contributed by atoms with Crippen LogP contribution >= 0.6 is 0 Å². The van der Waals surface area contributed by atoms with Gasteiger partial charge in [-0.3, -0.25) is 4.98 Å². The number of aromatic nitrogens is 1. The van der Waals surface area contributed by atoms with Gasteiger partial charge in [0.25, 0.3) is 0 Å². The van der Waals surface area contributed by atoms with Crippen molar-refractivity contribution in [3.8, 4) is 0 Å². The molecule has 21 heavy (non-hydrogen) atoms. The monoisotopic (exact) mass is 282 g/mol. The first-order valence-electron chi connectivity index (χ1n) is 7.72. The molecule has 1 aliphatic rings. The van der Waals surface area contributed by atoms with Gasteiger partial charge in [0.2, 0.25) is 0 Å². The van der Waals surface area contributed by atoms with E-state index in [2.05, 4.69) is 21.4 Å². The summed E-state index contributed by atoms with van der Waals surface area (Å²) in [5, 5.41) is 4.50. The van der Waals surface area contributed by atoms with E-state index in [4.69, 9.17) is 5.73 Å². The molecule has 1 heterocycles. The Morgan fingerprint density at radius 1 is 1.19 bits per heavy atom. The summed E-state index contributed by atoms with van der Waals surface area (Å²) in [6.45, 7) is 0.592. The second-order valence-electron chi connectivity index (χ2n) is 5.67. The van der Waals surface area contributed by atoms with Crippen molar-refractivity contribution in [2.75, 3.05) is 0 Å². The van der Waals surface area contributed by atoms with Gasteiger partial charge in [0.1, 0.15) is 0 Å². The minimum Gasteiger partial charge on any atom is -0.370 e. The quantitative estimate of drug-likeness (QED) is 0.672. The number of pyridine rings is 1. The van der Waals surface area contributed by atoms with Gasteiger partial charge in [-0.05, 0) is 30.5 Å². The van der Waals surface area contributed by atoms with Crippen molar-refractivity contribution in [3.05, 3.63) is 42.1 Å². The number of nitrogens with two attached hydrogens (primary N) is 1. The predicted octanol–water partition coefficient (Wildman–Crippen LogP) is 2.97. The van der Waals surface area contributed by atoms with Crippen molar-refractivity contribution in [1.29, 1.82) is 0 Å². The summed E-state index contributed by atoms with van der Waals surface area (Å²) in [6, 6.07) is 10.6. The van der Waals surface area contributed by atoms with Crippen LogP contribution in [0, 0.1) is 0 Å². The van der Waals surface area contributed by atoms with E-state index in [0.717, 1.165) is 16.5 Å². The lowest BCUT2D eigenvalue weighted by Gasteiger charge is -2.23. The number of nitrogens with one attached hydrogen (secondary N) is 1. The second kappa shape index (κ2) is 6.57. The van der Waals surface area contributed by atoms with Gasteiger partial charge in [0.15, 0.2) is 5.96 Å². The van der Waals surface area contributed by atoms with Crippen LogP contribution in [0.3, 0.4) is 0 Å². The van der Waals surface area contributed by atoms with E-state index >= 15 is 0 Å². The van der Waals surface area contributed by atoms with Gasteiger partial charge in [-0.15, -0.1) is 0 Å². The molecule has 1 fully saturated rings. The highest BCUT2D eigenvalue weighted by molar-refractivity contribution is 5.82. The summed E-state index contributed by atoms with van der Waals surface area (Å²) in [4.78, 5) is 8.86. The molecule has 0 bridgehead atoms. The summed E-state index contributed by atoms with van der Waals surface area (Å²) in [5.74, 6) is 0.558. The van der Waals surface area contributed by atoms with E-state index in [1.165, 1.54) is 32.1 Å². The zero-order valence-corrected chi connectivity index (χ0v) is 12.3. The van der Waals surface area contributed by atoms with Gasteiger partial charge in [0.05, 0.1) is 12.1 Å². The van der Waals surface area contributed by atoms with Crippen LogP contribution < -0.4 is 11.1 Å². The minimum absolute atomic E-state index is 0.497. The van der Waals surface area contributed by atoms with Crippen LogP contribution in [-0.2, 0) is 6.54 Å². The Balaban J connectivity index is 1.68. The zero-order chi connectivity index (χ0) is 14.5. The Kier molecular flexibility index (Phi) is 4.34. The fourth-order valence-corrected chi connectivity index (χ4v) is 2.97. The Morgan fingerprint density at radius 2 is 2.00 bits per heavy atom. The van der Waals surface area contributed by atoms with Crippen LogP contribution in [0.1, 0.15) is 37.7 Å². The van der Waals surface area contributed by atoms with Crippen LogP contribution in [0.15, 0.2) is 41.5 Å². The van der Waals surface area contributed by atoms with E-state index in [1.807, 2.05) is 30.5 Å². The molecular formula is C17H22N4. The van der Waals surface area contributed by atoms with Crippen LogP contribution in [0.4, 0.5) is 0 Å². The first-order valence-corrected chi connectivity index (χ1v) is 7.72. The third-order valence-electron chi connectivity index (χ3n) is 4.12. The molecule has 0 saturated heterocycles. The molecule has 0 atom stereocenters. The summed E-state index contributed by atoms with van der Waals surface area (Å²) in [5.41, 5.74) is 8.18. The molecular weight excluding hydrogens is 260 g/mol. The van der Waals surface area contributed by atoms with Crippen LogP contribution in [0.2, 0.25) is 0 Å². The molecule has 4 heteroatoms. The molecule has 0 amide bonds. The highest BCUT2D eigenvalue weighted by Crippen LogP contribution is 2.18. The average Bonchev–Trinajstić information content (AvgIpc) is 2.54. The van der Waals surface area contributed by atoms with Crippen LogP contribution in [-0.4, -0.2) is 17.0 Å². The Hall–Kier alpha value is -2.10. The standard InChI is InChI=1S/C17H22N4/c18-17(21-14-6-2-1-3-7-14)20-12-13-10-11-19-16-9-5-4-8-15(13)16/h4-5,8-11,14H,1-3,6-7,12H2,(H3,18,20,21). The molecule has 0 spiro atoms. The third kappa shape index (κ3) is 3.51. The topological polar surface area (TPSA) is 63.3 Å². The summed E-state index contributed by atoms with van der Waals surface area (Å²) < 4.78 is 0. The van der Waals surface area contributed by atoms with Gasteiger partial charge in [-0.25, -0.2) is 4.99 Å². The van der Waals surface area contributed by atoms with Crippen molar-refractivity contribution >= 4 is 16.9 Å². The first kappa shape index (κ1) is 13.9. The Morgan fingerprint density at radius 3 is 2.86 bits per heavy atom. The number of aliphatic imine (C=N–C) groups is 1. The van der Waals surface area contributed by atoms with Crippen molar-refractivity contribution < 1.29 is 0 Å². The van der Waals surface area contributed by atoms with Crippen LogP contribution in [0.25, 0.3) is 10.9 Å². The fraction of sp³-hybridized carbons (Fsp3) is 0.412. The van der Waals surface area contributed by atoms with Gasteiger partial charge in [0, 0.05) is 17.6 Å². The molecule has 1 saturated carbocycles. The lowest BCUT2D eigenvalue weighted by atomic mass is 9.96. The third-order valence-corrected chi connectivity index (χ3v) is 4.12. The number of nitrogens with zero attached hydrogens (tertiary/aromatic N) is 2. The molecule has 110 valence electrons. The predicted molar refractivity (Wildman–Crippen MR) is 87.1 cm³/mol. The molecule has 1 aliphatic carbocycles. The number of benzene rings is 1. The number of fused-ring (bicyclic) bond motifs is 1. The van der Waals surface area contributed by atoms with E-state index in [1.54, 1.807) is 0 Å². The smallest absolute Gasteiger partial charge is 0.189 e. The number of hydrogen-bond donors (Lipinski definition) is 2. The Bertz CT molecular complexity index is 624. The highest BCUT2D eigenvalue weighted by Gasteiger charge is 2.13. The van der Waals surface area contributed by atoms with Gasteiger partial charge in [-0.1, -0.05) is 37.5 Å². The van der Waals surface area contributed by atoms with Crippen molar-refractivity contribution in [2.24, 2.45) is 10.7 Å². The van der Waals surface area contributed by atoms with E-state index in [-0.39, 0.29) is 0 Å². The van der Waals surface area contributed by atoms with Crippen molar-refractivity contribution in [2.45, 2.75) is 44.7 Å². The lowest BCUT2D eigenvalue weighted by Crippen LogP contribution is -2.41. The average molecular weight is 282 g/mol. The number of hydrogen-bond acceptors (Lipinski definition) is 2. The lowest BCUT2D eigenvalue weighted by molar-refractivity contribution is 0.412. The maximum absolute atomic E-state index is 6.02. The normalized spacial score (nSPS) is 17.0. The molecule has 1 aromatic heterocycles. The van der Waals surface area contributed by atoms with Gasteiger partial charge >= 0.3 is 0 Å². The SMILES string of the molecule is NC(=NCc1ccnc2ccccc12)NC1CCCCC1. The second-order valence-corrected chi connectivity index (χ2v) is 5.67. The molecule has 2 aromatic rings. The van der Waals surface area contributed by atoms with Gasteiger partial charge in [-0.2, -0.15) is 0 Å². The molecule has 0 radical (unpaired) electrons. The van der Waals surface area contributed by atoms with E-state index in [9.17, 15) is 0 Å². The molecule has 4 nitrogen and oxygen atoms in total. The number of guanidine groups is 1. The molecule has 3 rings (SSSR count). The summed E-state index contributed by atoms with van der Waals surface area (Å²) in [7, 11) is 0. The van der Waals surface area contributed by atoms with E-state index < -0.39 is 0 Å². The van der Waals surface area contributed by atoms with E-state index in [0.29, 0.717) is 18.5 Å². The fourth-order valence-electron chi connectivity index (χ4n) is 2.97. The van der Waals surface area contributed by atoms with Gasteiger partial charge < -0.3 is 11.1 Å². The van der Waals surface area contributed by atoms with Crippen molar-refractivity contribution in [1.82, 2.24) is 10.3 Å². The minimum atomic E-state index is 0.497. The number of para-hydroxylation sites is 1. The first-order chi connectivity index (χ1) is 10.3. The maximum atomic E-state index is 6.02. The molecule has 1 aromatic carbocycles. The summed E-state index contributed by atoms with van der Waals surface area (Å²) in [6.07, 6.45) is 8.17. The highest BCUT2D eigenvalue weighted by atomic mass is 15.1. The Labute approximate surface area is 125 Å². The largest absolute Gasteiger partial charge is 0.370 e. The van der Waals surface area contributed by atoms with Crippen LogP contribution in [0.5, 0.6) is 0 Å². The van der Waals surface area contributed by atoms with Crippen molar-refractivity contribution in [3.63, 3.8) is 0 Å². The molecule has 0 aliphatic heterocycles. The molecule has 0 unspecified atom stereocenters. The summed E-state index contributed by atoms with van der Waals surface area (Å²) >= 11 is 0. The molecule has 3 N–H and O–H groups in total. The number of rotatable bonds is 3.